The predicted octanol–water partition coefficient (Wildman–Crippen LogP) is 9.76. The summed E-state index contributed by atoms with van der Waals surface area (Å²) in [6.45, 7) is 8.31. The standard InChI is InChI=1S/C46H48Cl2FN7O5S/c1-45(2)15-14-32(37(24-45)31-6-8-33(47)9-7-31)28-55-18-20-56(21-19-55)34-10-11-36(42(22-34)61-41-5-3-4-40-38(41)27-52-53-40)43(57)54-62(58,59)35-23-39(48)44(51-26-35)60-29-46(49)16-12-30(25-50)13-17-46/h3-11,22-23,26-27,30H,12-21,24,28-29H2,1-2H3,(H,52,53)(H,54,57)/t30-,46+. The van der Waals surface area contributed by atoms with Crippen LogP contribution in [0.1, 0.15) is 74.7 Å². The van der Waals surface area contributed by atoms with Gasteiger partial charge in [0.25, 0.3) is 15.9 Å². The monoisotopic (exact) mass is 899 g/mol. The van der Waals surface area contributed by atoms with Gasteiger partial charge in [-0.2, -0.15) is 10.4 Å². The molecule has 1 saturated heterocycles. The topological polar surface area (TPSA) is 154 Å². The minimum absolute atomic E-state index is 0.0169. The van der Waals surface area contributed by atoms with Crippen LogP contribution in [0.3, 0.4) is 0 Å². The van der Waals surface area contributed by atoms with Crippen LogP contribution in [-0.4, -0.2) is 79.4 Å². The van der Waals surface area contributed by atoms with Crippen molar-refractivity contribution in [1.82, 2.24) is 24.8 Å². The normalized spacial score (nSPS) is 20.8. The molecule has 1 amide bonds. The Morgan fingerprint density at radius 2 is 1.76 bits per heavy atom. The third-order valence-electron chi connectivity index (χ3n) is 12.3. The van der Waals surface area contributed by atoms with Crippen molar-refractivity contribution in [3.8, 4) is 23.4 Å². The van der Waals surface area contributed by atoms with Crippen molar-refractivity contribution in [1.29, 1.82) is 5.26 Å². The number of nitriles is 1. The number of allylic oxidation sites excluding steroid dienone is 1. The average Bonchev–Trinajstić information content (AvgIpc) is 3.75. The van der Waals surface area contributed by atoms with Crippen molar-refractivity contribution in [3.63, 3.8) is 0 Å². The summed E-state index contributed by atoms with van der Waals surface area (Å²) in [5.74, 6) is -0.685. The van der Waals surface area contributed by atoms with Gasteiger partial charge in [-0.3, -0.25) is 14.8 Å². The molecule has 0 radical (unpaired) electrons. The smallest absolute Gasteiger partial charge is 0.268 e. The fourth-order valence-corrected chi connectivity index (χ4v) is 9.88. The number of nitrogens with zero attached hydrogens (tertiary/aromatic N) is 5. The third kappa shape index (κ3) is 9.87. The average molecular weight is 901 g/mol. The number of sulfonamides is 1. The van der Waals surface area contributed by atoms with E-state index in [0.29, 0.717) is 24.0 Å². The highest BCUT2D eigenvalue weighted by Crippen LogP contribution is 2.44. The van der Waals surface area contributed by atoms with Crippen LogP contribution in [0.4, 0.5) is 10.1 Å². The molecule has 0 atom stereocenters. The number of aromatic nitrogens is 3. The van der Waals surface area contributed by atoms with Gasteiger partial charge in [0.15, 0.2) is 0 Å². The second-order valence-electron chi connectivity index (χ2n) is 17.3. The van der Waals surface area contributed by atoms with E-state index in [0.717, 1.165) is 80.5 Å². The molecule has 324 valence electrons. The van der Waals surface area contributed by atoms with Crippen LogP contribution in [0.2, 0.25) is 10.0 Å². The van der Waals surface area contributed by atoms with Crippen molar-refractivity contribution in [2.75, 3.05) is 44.2 Å². The Balaban J connectivity index is 0.983. The largest absolute Gasteiger partial charge is 0.473 e. The summed E-state index contributed by atoms with van der Waals surface area (Å²) in [6, 6.07) is 21.9. The van der Waals surface area contributed by atoms with Gasteiger partial charge in [-0.25, -0.2) is 22.5 Å². The summed E-state index contributed by atoms with van der Waals surface area (Å²) >= 11 is 12.6. The van der Waals surface area contributed by atoms with Crippen molar-refractivity contribution in [2.24, 2.45) is 11.3 Å². The lowest BCUT2D eigenvalue weighted by molar-refractivity contribution is 0.0377. The number of fused-ring (bicyclic) bond motifs is 1. The molecular formula is C46H48Cl2FN7O5S. The Morgan fingerprint density at radius 3 is 2.48 bits per heavy atom. The number of anilines is 1. The quantitative estimate of drug-likeness (QED) is 0.124. The van der Waals surface area contributed by atoms with E-state index in [9.17, 15) is 13.2 Å². The molecule has 3 heterocycles. The summed E-state index contributed by atoms with van der Waals surface area (Å²) in [7, 11) is -4.50. The van der Waals surface area contributed by atoms with E-state index in [4.69, 9.17) is 37.9 Å². The summed E-state index contributed by atoms with van der Waals surface area (Å²) in [5, 5.41) is 17.4. The number of alkyl halides is 1. The minimum atomic E-state index is -4.50. The molecular weight excluding hydrogens is 853 g/mol. The molecule has 1 aliphatic heterocycles. The van der Waals surface area contributed by atoms with E-state index in [2.05, 4.69) is 61.8 Å². The molecule has 1 saturated carbocycles. The highest BCUT2D eigenvalue weighted by molar-refractivity contribution is 7.90. The van der Waals surface area contributed by atoms with Crippen molar-refractivity contribution >= 4 is 61.3 Å². The van der Waals surface area contributed by atoms with Gasteiger partial charge in [0.2, 0.25) is 5.88 Å². The van der Waals surface area contributed by atoms with Crippen molar-refractivity contribution in [2.45, 2.75) is 69.4 Å². The number of carbonyl (C=O) groups is 1. The Kier molecular flexibility index (Phi) is 12.5. The number of amides is 1. The molecule has 16 heteroatoms. The SMILES string of the molecule is CC1(C)CCC(CN2CCN(c3ccc(C(=O)NS(=O)(=O)c4cnc(OC[C@]5(F)CC[C@@H](C#N)CC5)c(Cl)c4)c(Oc4cccc5[nH]ncc45)c3)CC2)=C(c2ccc(Cl)cc2)C1. The molecule has 0 unspecified atom stereocenters. The number of aromatic amines is 1. The molecule has 2 aromatic heterocycles. The van der Waals surface area contributed by atoms with Gasteiger partial charge in [-0.05, 0) is 104 Å². The van der Waals surface area contributed by atoms with Gasteiger partial charge in [-0.1, -0.05) is 60.8 Å². The highest BCUT2D eigenvalue weighted by Gasteiger charge is 2.37. The van der Waals surface area contributed by atoms with E-state index in [1.165, 1.54) is 16.7 Å². The van der Waals surface area contributed by atoms with Gasteiger partial charge in [0.05, 0.1) is 34.9 Å². The van der Waals surface area contributed by atoms with Crippen LogP contribution in [0.5, 0.6) is 17.4 Å². The molecule has 3 aliphatic rings. The van der Waals surface area contributed by atoms with Crippen LogP contribution in [0.15, 0.2) is 89.6 Å². The number of hydrogen-bond acceptors (Lipinski definition) is 10. The highest BCUT2D eigenvalue weighted by atomic mass is 35.5. The maximum atomic E-state index is 15.3. The number of rotatable bonds is 12. The first-order valence-electron chi connectivity index (χ1n) is 20.8. The summed E-state index contributed by atoms with van der Waals surface area (Å²) in [5.41, 5.74) is 4.21. The second-order valence-corrected chi connectivity index (χ2v) is 19.8. The van der Waals surface area contributed by atoms with Gasteiger partial charge in [-0.15, -0.1) is 0 Å². The Labute approximate surface area is 371 Å². The van der Waals surface area contributed by atoms with Gasteiger partial charge < -0.3 is 14.4 Å². The van der Waals surface area contributed by atoms with E-state index in [1.807, 2.05) is 18.2 Å². The summed E-state index contributed by atoms with van der Waals surface area (Å²) < 4.78 is 56.7. The van der Waals surface area contributed by atoms with Gasteiger partial charge in [0, 0.05) is 55.4 Å². The van der Waals surface area contributed by atoms with Crippen LogP contribution < -0.4 is 19.1 Å². The fraction of sp³-hybridized carbons (Fsp3) is 0.391. The van der Waals surface area contributed by atoms with Crippen molar-refractivity contribution in [3.05, 3.63) is 106 Å². The van der Waals surface area contributed by atoms with Gasteiger partial charge in [0.1, 0.15) is 33.7 Å². The Hall–Kier alpha value is -5.20. The molecule has 2 aliphatic carbocycles. The van der Waals surface area contributed by atoms with Crippen LogP contribution >= 0.6 is 23.2 Å². The Morgan fingerprint density at radius 1 is 1.00 bits per heavy atom. The molecule has 2 fully saturated rings. The van der Waals surface area contributed by atoms with E-state index in [-0.39, 0.29) is 57.9 Å². The lowest BCUT2D eigenvalue weighted by Gasteiger charge is -2.39. The third-order valence-corrected chi connectivity index (χ3v) is 14.1. The van der Waals surface area contributed by atoms with Crippen LogP contribution in [-0.2, 0) is 10.0 Å². The predicted molar refractivity (Wildman–Crippen MR) is 238 cm³/mol. The molecule has 62 heavy (non-hydrogen) atoms. The summed E-state index contributed by atoms with van der Waals surface area (Å²) in [4.78, 5) is 22.3. The van der Waals surface area contributed by atoms with E-state index < -0.39 is 21.6 Å². The van der Waals surface area contributed by atoms with Gasteiger partial charge >= 0.3 is 0 Å². The number of hydrogen-bond donors (Lipinski definition) is 2. The number of H-pyrrole nitrogens is 1. The maximum Gasteiger partial charge on any atom is 0.268 e. The number of ether oxygens (including phenoxy) is 2. The number of pyridine rings is 1. The molecule has 12 nitrogen and oxygen atoms in total. The van der Waals surface area contributed by atoms with E-state index >= 15 is 4.39 Å². The molecule has 2 N–H and O–H groups in total. The first-order chi connectivity index (χ1) is 29.7. The fourth-order valence-electron chi connectivity index (χ4n) is 8.53. The second kappa shape index (κ2) is 17.9. The van der Waals surface area contributed by atoms with Crippen LogP contribution in [0, 0.1) is 22.7 Å². The molecule has 3 aromatic carbocycles. The molecule has 0 spiro atoms. The summed E-state index contributed by atoms with van der Waals surface area (Å²) in [6.07, 6.45) is 6.98. The molecule has 5 aromatic rings. The first kappa shape index (κ1) is 43.4. The number of nitrogens with one attached hydrogen (secondary N) is 2. The maximum absolute atomic E-state index is 15.3. The zero-order valence-corrected chi connectivity index (χ0v) is 36.9. The number of halogens is 3. The lowest BCUT2D eigenvalue weighted by atomic mass is 9.72. The number of benzene rings is 3. The Bertz CT molecular complexity index is 2650. The first-order valence-corrected chi connectivity index (χ1v) is 23.0. The lowest BCUT2D eigenvalue weighted by Crippen LogP contribution is -2.47. The number of piperazine rings is 1. The van der Waals surface area contributed by atoms with E-state index in [1.54, 1.807) is 36.5 Å². The zero-order chi connectivity index (χ0) is 43.6. The molecule has 0 bridgehead atoms. The van der Waals surface area contributed by atoms with Crippen molar-refractivity contribution < 1.29 is 27.1 Å². The minimum Gasteiger partial charge on any atom is -0.473 e. The zero-order valence-electron chi connectivity index (χ0n) is 34.6. The van der Waals surface area contributed by atoms with Crippen LogP contribution in [0.25, 0.3) is 16.5 Å². The molecule has 8 rings (SSSR count). The number of carbonyl (C=O) groups excluding carboxylic acids is 1.